The van der Waals surface area contributed by atoms with Crippen molar-refractivity contribution in [1.82, 2.24) is 9.97 Å². The van der Waals surface area contributed by atoms with Gasteiger partial charge in [0, 0.05) is 23.3 Å². The molecule has 0 aliphatic heterocycles. The Morgan fingerprint density at radius 3 is 2.79 bits per heavy atom. The lowest BCUT2D eigenvalue weighted by Gasteiger charge is -2.07. The molecule has 3 N–H and O–H groups in total. The standard InChI is InChI=1S/C13H15ClN4S/c1-2-11-16-12(18-15)7-13(17-11)19-8-9-5-3-4-6-10(9)14/h3-7H,2,8,15H2,1H3,(H,16,17,18). The first-order chi connectivity index (χ1) is 9.22. The van der Waals surface area contributed by atoms with E-state index in [0.717, 1.165) is 33.6 Å². The number of halogens is 1. The number of nitrogens with zero attached hydrogens (tertiary/aromatic N) is 2. The second kappa shape index (κ2) is 6.75. The molecule has 4 nitrogen and oxygen atoms in total. The molecule has 0 spiro atoms. The Kier molecular flexibility index (Phi) is 5.01. The lowest BCUT2D eigenvalue weighted by atomic mass is 10.2. The van der Waals surface area contributed by atoms with Gasteiger partial charge < -0.3 is 5.43 Å². The van der Waals surface area contributed by atoms with E-state index >= 15 is 0 Å². The largest absolute Gasteiger partial charge is 0.308 e. The number of hydrogen-bond acceptors (Lipinski definition) is 5. The van der Waals surface area contributed by atoms with Crippen LogP contribution < -0.4 is 11.3 Å². The van der Waals surface area contributed by atoms with Crippen LogP contribution in [0.15, 0.2) is 35.4 Å². The lowest BCUT2D eigenvalue weighted by molar-refractivity contribution is 0.888. The Morgan fingerprint density at radius 1 is 1.32 bits per heavy atom. The summed E-state index contributed by atoms with van der Waals surface area (Å²) < 4.78 is 0. The van der Waals surface area contributed by atoms with E-state index in [1.54, 1.807) is 11.8 Å². The van der Waals surface area contributed by atoms with Gasteiger partial charge in [0.25, 0.3) is 0 Å². The molecule has 1 aromatic carbocycles. The van der Waals surface area contributed by atoms with Gasteiger partial charge in [-0.1, -0.05) is 36.7 Å². The van der Waals surface area contributed by atoms with Crippen molar-refractivity contribution in [3.05, 3.63) is 46.7 Å². The van der Waals surface area contributed by atoms with E-state index in [0.29, 0.717) is 5.82 Å². The first-order valence-electron chi connectivity index (χ1n) is 5.93. The lowest BCUT2D eigenvalue weighted by Crippen LogP contribution is -2.10. The number of anilines is 1. The molecule has 19 heavy (non-hydrogen) atoms. The minimum Gasteiger partial charge on any atom is -0.308 e. The minimum atomic E-state index is 0.633. The Labute approximate surface area is 121 Å². The third-order valence-corrected chi connectivity index (χ3v) is 3.88. The van der Waals surface area contributed by atoms with Gasteiger partial charge >= 0.3 is 0 Å². The number of benzene rings is 1. The van der Waals surface area contributed by atoms with Crippen LogP contribution in [0.1, 0.15) is 18.3 Å². The number of thioether (sulfide) groups is 1. The van der Waals surface area contributed by atoms with Crippen molar-refractivity contribution in [2.45, 2.75) is 24.1 Å². The summed E-state index contributed by atoms with van der Waals surface area (Å²) in [7, 11) is 0. The fraction of sp³-hybridized carbons (Fsp3) is 0.231. The summed E-state index contributed by atoms with van der Waals surface area (Å²) in [6.45, 7) is 2.01. The second-order valence-electron chi connectivity index (χ2n) is 3.89. The summed E-state index contributed by atoms with van der Waals surface area (Å²) in [5, 5.41) is 1.66. The molecule has 0 saturated carbocycles. The van der Waals surface area contributed by atoms with Crippen molar-refractivity contribution in [3.63, 3.8) is 0 Å². The molecule has 2 rings (SSSR count). The molecule has 0 aliphatic carbocycles. The van der Waals surface area contributed by atoms with Gasteiger partial charge in [-0.2, -0.15) is 0 Å². The third-order valence-electron chi connectivity index (χ3n) is 2.55. The van der Waals surface area contributed by atoms with Crippen molar-refractivity contribution >= 4 is 29.2 Å². The quantitative estimate of drug-likeness (QED) is 0.383. The summed E-state index contributed by atoms with van der Waals surface area (Å²) in [5.74, 6) is 7.58. The van der Waals surface area contributed by atoms with Gasteiger partial charge in [0.15, 0.2) is 0 Å². The summed E-state index contributed by atoms with van der Waals surface area (Å²) in [5.41, 5.74) is 3.65. The third kappa shape index (κ3) is 3.83. The van der Waals surface area contributed by atoms with E-state index in [1.165, 1.54) is 0 Å². The van der Waals surface area contributed by atoms with E-state index in [9.17, 15) is 0 Å². The van der Waals surface area contributed by atoms with Crippen molar-refractivity contribution in [2.75, 3.05) is 5.43 Å². The summed E-state index contributed by atoms with van der Waals surface area (Å²) >= 11 is 7.74. The highest BCUT2D eigenvalue weighted by molar-refractivity contribution is 7.98. The fourth-order valence-corrected chi connectivity index (χ4v) is 2.75. The molecule has 1 aromatic heterocycles. The number of nitrogen functional groups attached to an aromatic ring is 1. The summed E-state index contributed by atoms with van der Waals surface area (Å²) in [6.07, 6.45) is 0.773. The van der Waals surface area contributed by atoms with Gasteiger partial charge in [-0.05, 0) is 11.6 Å². The van der Waals surface area contributed by atoms with Crippen molar-refractivity contribution in [1.29, 1.82) is 0 Å². The second-order valence-corrected chi connectivity index (χ2v) is 5.29. The Morgan fingerprint density at radius 2 is 2.11 bits per heavy atom. The van der Waals surface area contributed by atoms with E-state index in [1.807, 2.05) is 37.3 Å². The molecule has 6 heteroatoms. The van der Waals surface area contributed by atoms with Gasteiger partial charge in [0.1, 0.15) is 16.7 Å². The fourth-order valence-electron chi connectivity index (χ4n) is 1.55. The molecular weight excluding hydrogens is 280 g/mol. The van der Waals surface area contributed by atoms with Gasteiger partial charge in [-0.3, -0.25) is 0 Å². The average Bonchev–Trinajstić information content (AvgIpc) is 2.46. The van der Waals surface area contributed by atoms with Gasteiger partial charge in [-0.25, -0.2) is 15.8 Å². The van der Waals surface area contributed by atoms with Crippen LogP contribution in [0.5, 0.6) is 0 Å². The maximum atomic E-state index is 6.13. The van der Waals surface area contributed by atoms with E-state index in [4.69, 9.17) is 17.4 Å². The molecule has 0 radical (unpaired) electrons. The first-order valence-corrected chi connectivity index (χ1v) is 7.30. The average molecular weight is 295 g/mol. The highest BCUT2D eigenvalue weighted by atomic mass is 35.5. The van der Waals surface area contributed by atoms with Crippen molar-refractivity contribution < 1.29 is 0 Å². The maximum absolute atomic E-state index is 6.13. The zero-order valence-corrected chi connectivity index (χ0v) is 12.1. The Balaban J connectivity index is 2.13. The van der Waals surface area contributed by atoms with Crippen LogP contribution in [-0.2, 0) is 12.2 Å². The molecule has 0 bridgehead atoms. The van der Waals surface area contributed by atoms with Crippen LogP contribution in [0.25, 0.3) is 0 Å². The van der Waals surface area contributed by atoms with E-state index < -0.39 is 0 Å². The van der Waals surface area contributed by atoms with Crippen LogP contribution in [-0.4, -0.2) is 9.97 Å². The molecule has 0 fully saturated rings. The molecule has 1 heterocycles. The summed E-state index contributed by atoms with van der Waals surface area (Å²) in [6, 6.07) is 9.64. The van der Waals surface area contributed by atoms with Crippen LogP contribution in [0.4, 0.5) is 5.82 Å². The minimum absolute atomic E-state index is 0.633. The van der Waals surface area contributed by atoms with Crippen LogP contribution in [0, 0.1) is 0 Å². The van der Waals surface area contributed by atoms with E-state index in [-0.39, 0.29) is 0 Å². The topological polar surface area (TPSA) is 63.8 Å². The molecule has 0 unspecified atom stereocenters. The number of hydrogen-bond donors (Lipinski definition) is 2. The first kappa shape index (κ1) is 14.1. The van der Waals surface area contributed by atoms with Crippen LogP contribution in [0.3, 0.4) is 0 Å². The van der Waals surface area contributed by atoms with Crippen LogP contribution >= 0.6 is 23.4 Å². The predicted octanol–water partition coefficient (Wildman–Crippen LogP) is 3.27. The predicted molar refractivity (Wildman–Crippen MR) is 80.2 cm³/mol. The highest BCUT2D eigenvalue weighted by Crippen LogP contribution is 2.26. The molecule has 0 aliphatic rings. The molecular formula is C13H15ClN4S. The van der Waals surface area contributed by atoms with Crippen LogP contribution in [0.2, 0.25) is 5.02 Å². The van der Waals surface area contributed by atoms with Gasteiger partial charge in [-0.15, -0.1) is 11.8 Å². The van der Waals surface area contributed by atoms with Gasteiger partial charge in [0.05, 0.1) is 0 Å². The van der Waals surface area contributed by atoms with Crippen molar-refractivity contribution in [3.8, 4) is 0 Å². The number of hydrazine groups is 1. The number of aromatic nitrogens is 2. The zero-order chi connectivity index (χ0) is 13.7. The molecule has 100 valence electrons. The Bertz CT molecular complexity index is 540. The maximum Gasteiger partial charge on any atom is 0.144 e. The number of aryl methyl sites for hydroxylation is 1. The zero-order valence-electron chi connectivity index (χ0n) is 10.6. The smallest absolute Gasteiger partial charge is 0.144 e. The molecule has 2 aromatic rings. The number of nitrogens with two attached hydrogens (primary N) is 1. The van der Waals surface area contributed by atoms with Crippen molar-refractivity contribution in [2.24, 2.45) is 5.84 Å². The normalized spacial score (nSPS) is 10.5. The monoisotopic (exact) mass is 294 g/mol. The molecule has 0 atom stereocenters. The van der Waals surface area contributed by atoms with Gasteiger partial charge in [0.2, 0.25) is 0 Å². The summed E-state index contributed by atoms with van der Waals surface area (Å²) in [4.78, 5) is 8.71. The van der Waals surface area contributed by atoms with E-state index in [2.05, 4.69) is 15.4 Å². The Hall–Kier alpha value is -1.30. The SMILES string of the molecule is CCc1nc(NN)cc(SCc2ccccc2Cl)n1. The number of nitrogens with one attached hydrogen (secondary N) is 1. The molecule has 0 saturated heterocycles. The molecule has 0 amide bonds. The number of rotatable bonds is 5. The highest BCUT2D eigenvalue weighted by Gasteiger charge is 2.05.